The van der Waals surface area contributed by atoms with E-state index in [0.717, 1.165) is 5.57 Å². The van der Waals surface area contributed by atoms with Crippen LogP contribution in [0.4, 0.5) is 4.79 Å². The molecule has 0 aromatic carbocycles. The van der Waals surface area contributed by atoms with Gasteiger partial charge in [0, 0.05) is 19.0 Å². The molecule has 0 saturated heterocycles. The van der Waals surface area contributed by atoms with Crippen molar-refractivity contribution in [3.05, 3.63) is 24.8 Å². The summed E-state index contributed by atoms with van der Waals surface area (Å²) in [4.78, 5) is 37.7. The monoisotopic (exact) mass is 368 g/mol. The number of esters is 1. The molecule has 0 aromatic rings. The molecule has 0 heterocycles. The molecule has 0 rings (SSSR count). The zero-order valence-electron chi connectivity index (χ0n) is 16.6. The lowest BCUT2D eigenvalue weighted by Gasteiger charge is -2.26. The smallest absolute Gasteiger partial charge is 0.407 e. The summed E-state index contributed by atoms with van der Waals surface area (Å²) in [5.41, 5.74) is 0.103. The molecule has 7 nitrogen and oxygen atoms in total. The van der Waals surface area contributed by atoms with Gasteiger partial charge in [0.25, 0.3) is 0 Å². The molecule has 0 aliphatic heterocycles. The molecule has 0 aromatic heterocycles. The molecule has 0 unspecified atom stereocenters. The standard InChI is InChI=1S/C19H32N2O5/c1-8-10-15(20-18(24)26-19(5,6)7)11-16(22)21(12-14(3)4)13-17(23)25-9-2/h8,15H,1,3,9-13H2,2,4-7H3,(H,20,24)/t15-/m0/s1. The van der Waals surface area contributed by atoms with Crippen LogP contribution in [-0.4, -0.2) is 54.2 Å². The van der Waals surface area contributed by atoms with Crippen molar-refractivity contribution in [3.8, 4) is 0 Å². The largest absolute Gasteiger partial charge is 0.465 e. The molecular weight excluding hydrogens is 336 g/mol. The van der Waals surface area contributed by atoms with Gasteiger partial charge in [0.1, 0.15) is 12.1 Å². The van der Waals surface area contributed by atoms with Crippen LogP contribution in [0.2, 0.25) is 0 Å². The highest BCUT2D eigenvalue weighted by atomic mass is 16.6. The highest BCUT2D eigenvalue weighted by Gasteiger charge is 2.24. The maximum absolute atomic E-state index is 12.6. The fourth-order valence-corrected chi connectivity index (χ4v) is 2.13. The third kappa shape index (κ3) is 11.3. The Balaban J connectivity index is 4.98. The first-order valence-corrected chi connectivity index (χ1v) is 8.66. The van der Waals surface area contributed by atoms with Gasteiger partial charge in [-0.15, -0.1) is 6.58 Å². The van der Waals surface area contributed by atoms with E-state index in [4.69, 9.17) is 9.47 Å². The number of alkyl carbamates (subject to hydrolysis) is 1. The predicted molar refractivity (Wildman–Crippen MR) is 101 cm³/mol. The summed E-state index contributed by atoms with van der Waals surface area (Å²) in [5.74, 6) is -0.772. The van der Waals surface area contributed by atoms with Crippen LogP contribution in [0.1, 0.15) is 47.5 Å². The molecule has 148 valence electrons. The molecule has 7 heteroatoms. The van der Waals surface area contributed by atoms with Gasteiger partial charge in [-0.3, -0.25) is 9.59 Å². The highest BCUT2D eigenvalue weighted by molar-refractivity contribution is 5.83. The van der Waals surface area contributed by atoms with Gasteiger partial charge in [-0.1, -0.05) is 18.2 Å². The van der Waals surface area contributed by atoms with Crippen LogP contribution >= 0.6 is 0 Å². The van der Waals surface area contributed by atoms with E-state index in [0.29, 0.717) is 6.42 Å². The summed E-state index contributed by atoms with van der Waals surface area (Å²) in [7, 11) is 0. The van der Waals surface area contributed by atoms with Gasteiger partial charge in [0.05, 0.1) is 6.61 Å². The minimum Gasteiger partial charge on any atom is -0.465 e. The van der Waals surface area contributed by atoms with Gasteiger partial charge in [-0.05, 0) is 41.0 Å². The first-order chi connectivity index (χ1) is 12.0. The topological polar surface area (TPSA) is 84.9 Å². The second kappa shape index (κ2) is 11.3. The Labute approximate surface area is 156 Å². The van der Waals surface area contributed by atoms with Crippen LogP contribution in [0.25, 0.3) is 0 Å². The van der Waals surface area contributed by atoms with E-state index < -0.39 is 23.7 Å². The number of hydrogen-bond donors (Lipinski definition) is 1. The van der Waals surface area contributed by atoms with E-state index in [1.165, 1.54) is 4.90 Å². The maximum atomic E-state index is 12.6. The van der Waals surface area contributed by atoms with Crippen LogP contribution in [-0.2, 0) is 19.1 Å². The van der Waals surface area contributed by atoms with Crippen LogP contribution in [0.15, 0.2) is 24.8 Å². The number of nitrogens with one attached hydrogen (secondary N) is 1. The van der Waals surface area contributed by atoms with E-state index in [1.807, 2.05) is 0 Å². The van der Waals surface area contributed by atoms with E-state index in [-0.39, 0.29) is 32.0 Å². The first-order valence-electron chi connectivity index (χ1n) is 8.66. The molecule has 1 atom stereocenters. The average Bonchev–Trinajstić information content (AvgIpc) is 2.44. The molecule has 2 amide bonds. The molecular formula is C19H32N2O5. The van der Waals surface area contributed by atoms with Gasteiger partial charge in [0.2, 0.25) is 5.91 Å². The van der Waals surface area contributed by atoms with Crippen LogP contribution in [0.5, 0.6) is 0 Å². The summed E-state index contributed by atoms with van der Waals surface area (Å²) >= 11 is 0. The van der Waals surface area contributed by atoms with Gasteiger partial charge >= 0.3 is 12.1 Å². The van der Waals surface area contributed by atoms with Crippen molar-refractivity contribution < 1.29 is 23.9 Å². The molecule has 0 bridgehead atoms. The van der Waals surface area contributed by atoms with Crippen molar-refractivity contribution >= 4 is 18.0 Å². The normalized spacial score (nSPS) is 11.9. The zero-order valence-corrected chi connectivity index (χ0v) is 16.6. The maximum Gasteiger partial charge on any atom is 0.407 e. The van der Waals surface area contributed by atoms with Gasteiger partial charge in [-0.2, -0.15) is 0 Å². The third-order valence-corrected chi connectivity index (χ3v) is 3.03. The summed E-state index contributed by atoms with van der Waals surface area (Å²) in [6.45, 7) is 16.5. The molecule has 0 aliphatic carbocycles. The Hall–Kier alpha value is -2.31. The van der Waals surface area contributed by atoms with Crippen LogP contribution < -0.4 is 5.32 Å². The van der Waals surface area contributed by atoms with Crippen molar-refractivity contribution in [1.82, 2.24) is 10.2 Å². The van der Waals surface area contributed by atoms with E-state index in [1.54, 1.807) is 40.7 Å². The van der Waals surface area contributed by atoms with Crippen molar-refractivity contribution in [2.24, 2.45) is 0 Å². The quantitative estimate of drug-likeness (QED) is 0.473. The fraction of sp³-hybridized carbons (Fsp3) is 0.632. The number of hydrogen-bond acceptors (Lipinski definition) is 5. The molecule has 1 N–H and O–H groups in total. The predicted octanol–water partition coefficient (Wildman–Crippen LogP) is 2.81. The summed E-state index contributed by atoms with van der Waals surface area (Å²) in [5, 5.41) is 2.67. The Morgan fingerprint density at radius 2 is 1.85 bits per heavy atom. The summed E-state index contributed by atoms with van der Waals surface area (Å²) in [6, 6.07) is -0.482. The van der Waals surface area contributed by atoms with E-state index in [9.17, 15) is 14.4 Å². The van der Waals surface area contributed by atoms with Crippen molar-refractivity contribution in [2.75, 3.05) is 19.7 Å². The summed E-state index contributed by atoms with van der Waals surface area (Å²) < 4.78 is 10.1. The molecule has 26 heavy (non-hydrogen) atoms. The van der Waals surface area contributed by atoms with E-state index in [2.05, 4.69) is 18.5 Å². The number of ether oxygens (including phenoxy) is 2. The SMILES string of the molecule is C=CC[C@@H](CC(=O)N(CC(=C)C)CC(=O)OCC)NC(=O)OC(C)(C)C. The van der Waals surface area contributed by atoms with Crippen LogP contribution in [0, 0.1) is 0 Å². The molecule has 0 fully saturated rings. The first kappa shape index (κ1) is 23.7. The van der Waals surface area contributed by atoms with Gasteiger partial charge in [-0.25, -0.2) is 4.79 Å². The number of nitrogens with zero attached hydrogens (tertiary/aromatic N) is 1. The van der Waals surface area contributed by atoms with Crippen molar-refractivity contribution in [3.63, 3.8) is 0 Å². The molecule has 0 saturated carbocycles. The Morgan fingerprint density at radius 3 is 2.31 bits per heavy atom. The summed E-state index contributed by atoms with van der Waals surface area (Å²) in [6.07, 6.45) is 1.42. The minimum absolute atomic E-state index is 0.0119. The lowest BCUT2D eigenvalue weighted by Crippen LogP contribution is -2.44. The number of amides is 2. The third-order valence-electron chi connectivity index (χ3n) is 3.03. The Kier molecular flexibility index (Phi) is 10.3. The van der Waals surface area contributed by atoms with E-state index >= 15 is 0 Å². The number of carbonyl (C=O) groups is 3. The van der Waals surface area contributed by atoms with Crippen LogP contribution in [0.3, 0.4) is 0 Å². The van der Waals surface area contributed by atoms with Gasteiger partial charge < -0.3 is 19.7 Å². The van der Waals surface area contributed by atoms with Crippen molar-refractivity contribution in [1.29, 1.82) is 0 Å². The Morgan fingerprint density at radius 1 is 1.23 bits per heavy atom. The molecule has 0 aliphatic rings. The average molecular weight is 368 g/mol. The number of rotatable bonds is 10. The van der Waals surface area contributed by atoms with Gasteiger partial charge in [0.15, 0.2) is 0 Å². The molecule has 0 spiro atoms. The fourth-order valence-electron chi connectivity index (χ4n) is 2.13. The number of carbonyl (C=O) groups excluding carboxylic acids is 3. The minimum atomic E-state index is -0.636. The second-order valence-electron chi connectivity index (χ2n) is 7.08. The Bertz CT molecular complexity index is 523. The second-order valence-corrected chi connectivity index (χ2v) is 7.08. The lowest BCUT2D eigenvalue weighted by molar-refractivity contribution is -0.148. The highest BCUT2D eigenvalue weighted by Crippen LogP contribution is 2.10. The van der Waals surface area contributed by atoms with Crippen molar-refractivity contribution in [2.45, 2.75) is 59.1 Å². The molecule has 0 radical (unpaired) electrons. The zero-order chi connectivity index (χ0) is 20.3. The lowest BCUT2D eigenvalue weighted by atomic mass is 10.1.